The van der Waals surface area contributed by atoms with Crippen LogP contribution < -0.4 is 0 Å². The fourth-order valence-electron chi connectivity index (χ4n) is 5.56. The lowest BCUT2D eigenvalue weighted by molar-refractivity contribution is -0.161. The molecule has 0 aromatic heterocycles. The summed E-state index contributed by atoms with van der Waals surface area (Å²) in [6, 6.07) is 0. The van der Waals surface area contributed by atoms with Crippen molar-refractivity contribution in [3.8, 4) is 0 Å². The standard InChI is InChI=1S/C40H74O14P2/c1-3-5-7-8-9-10-11-12-13-16-19-22-26-30-39(43)50-34-38(35-53-56(48,49)52-33-37(42)32-51-55(45,46)47)54-40(44)31-27-23-20-17-14-15-18-21-25-29-36(41)28-24-6-4-2/h18,21,25,29,37-38,42H,3-17,19-20,22-24,26-28,30-35H2,1-2H3,(H,48,49)(H2,45,46,47)/b21-18-,29-25+/t37-,38+/m0/s1. The van der Waals surface area contributed by atoms with Crippen LogP contribution in [0.5, 0.6) is 0 Å². The molecule has 4 N–H and O–H groups in total. The molecule has 0 fully saturated rings. The van der Waals surface area contributed by atoms with Crippen molar-refractivity contribution in [2.24, 2.45) is 0 Å². The second-order valence-corrected chi connectivity index (χ2v) is 17.0. The summed E-state index contributed by atoms with van der Waals surface area (Å²) in [6.45, 7) is 1.56. The molecule has 0 aliphatic heterocycles. The molecule has 0 aromatic carbocycles. The van der Waals surface area contributed by atoms with Crippen molar-refractivity contribution in [1.82, 2.24) is 0 Å². The summed E-state index contributed by atoms with van der Waals surface area (Å²) in [5.74, 6) is -0.942. The van der Waals surface area contributed by atoms with Gasteiger partial charge in [-0.15, -0.1) is 0 Å². The number of hydrogen-bond donors (Lipinski definition) is 4. The molecule has 0 amide bonds. The fourth-order valence-corrected chi connectivity index (χ4v) is 6.72. The number of carbonyl (C=O) groups excluding carboxylic acids is 3. The minimum Gasteiger partial charge on any atom is -0.462 e. The lowest BCUT2D eigenvalue weighted by Crippen LogP contribution is -2.30. The molecule has 0 heterocycles. The zero-order valence-corrected chi connectivity index (χ0v) is 36.0. The van der Waals surface area contributed by atoms with Crippen molar-refractivity contribution in [1.29, 1.82) is 0 Å². The smallest absolute Gasteiger partial charge is 0.462 e. The van der Waals surface area contributed by atoms with E-state index in [2.05, 4.69) is 22.9 Å². The van der Waals surface area contributed by atoms with E-state index in [9.17, 15) is 33.5 Å². The van der Waals surface area contributed by atoms with Crippen molar-refractivity contribution >= 4 is 33.4 Å². The number of aliphatic hydroxyl groups excluding tert-OH is 1. The number of rotatable bonds is 40. The zero-order valence-electron chi connectivity index (χ0n) is 34.2. The first-order valence-electron chi connectivity index (χ1n) is 21.0. The number of carbonyl (C=O) groups is 3. The number of unbranched alkanes of at least 4 members (excludes halogenated alkanes) is 19. The van der Waals surface area contributed by atoms with E-state index < -0.39 is 66.2 Å². The van der Waals surface area contributed by atoms with Crippen molar-refractivity contribution in [3.05, 3.63) is 24.3 Å². The highest BCUT2D eigenvalue weighted by Gasteiger charge is 2.28. The Labute approximate surface area is 336 Å². The molecule has 0 saturated heterocycles. The molecule has 56 heavy (non-hydrogen) atoms. The number of phosphoric ester groups is 2. The Morgan fingerprint density at radius 2 is 1.02 bits per heavy atom. The van der Waals surface area contributed by atoms with Gasteiger partial charge in [-0.05, 0) is 38.2 Å². The Bertz CT molecular complexity index is 1160. The zero-order chi connectivity index (χ0) is 41.8. The van der Waals surface area contributed by atoms with E-state index in [1.807, 2.05) is 12.2 Å². The van der Waals surface area contributed by atoms with Crippen molar-refractivity contribution in [2.45, 2.75) is 187 Å². The van der Waals surface area contributed by atoms with E-state index in [0.717, 1.165) is 70.6 Å². The second-order valence-electron chi connectivity index (χ2n) is 14.3. The highest BCUT2D eigenvalue weighted by molar-refractivity contribution is 7.47. The number of ether oxygens (including phenoxy) is 2. The van der Waals surface area contributed by atoms with Crippen LogP contribution in [0.1, 0.15) is 174 Å². The molecule has 0 spiro atoms. The minimum atomic E-state index is -4.87. The van der Waals surface area contributed by atoms with E-state index in [-0.39, 0.29) is 18.6 Å². The van der Waals surface area contributed by atoms with Gasteiger partial charge in [-0.3, -0.25) is 28.0 Å². The van der Waals surface area contributed by atoms with Crippen LogP contribution in [-0.4, -0.2) is 76.1 Å². The van der Waals surface area contributed by atoms with Gasteiger partial charge in [0.1, 0.15) is 12.7 Å². The summed E-state index contributed by atoms with van der Waals surface area (Å²) in [6.07, 6.45) is 28.7. The van der Waals surface area contributed by atoms with Gasteiger partial charge in [0.2, 0.25) is 0 Å². The molecule has 14 nitrogen and oxygen atoms in total. The molecule has 0 aromatic rings. The van der Waals surface area contributed by atoms with Crippen LogP contribution in [0.3, 0.4) is 0 Å². The molecule has 0 rings (SSSR count). The van der Waals surface area contributed by atoms with Crippen molar-refractivity contribution < 1.29 is 66.3 Å². The van der Waals surface area contributed by atoms with Crippen LogP contribution >= 0.6 is 15.6 Å². The quantitative estimate of drug-likeness (QED) is 0.0149. The Morgan fingerprint density at radius 1 is 0.554 bits per heavy atom. The molecule has 0 aliphatic carbocycles. The number of phosphoric acid groups is 2. The molecule has 0 aliphatic rings. The number of allylic oxidation sites excluding steroid dienone is 4. The van der Waals surface area contributed by atoms with Crippen LogP contribution in [0.2, 0.25) is 0 Å². The number of ketones is 1. The van der Waals surface area contributed by atoms with Gasteiger partial charge in [-0.1, -0.05) is 141 Å². The fraction of sp³-hybridized carbons (Fsp3) is 0.825. The number of esters is 2. The summed E-state index contributed by atoms with van der Waals surface area (Å²) >= 11 is 0. The Hall–Kier alpha value is -1.73. The van der Waals surface area contributed by atoms with Crippen LogP contribution in [0.4, 0.5) is 0 Å². The van der Waals surface area contributed by atoms with Crippen LogP contribution in [-0.2, 0) is 46.6 Å². The molecule has 3 atom stereocenters. The van der Waals surface area contributed by atoms with Gasteiger partial charge in [-0.25, -0.2) is 9.13 Å². The second kappa shape index (κ2) is 36.4. The van der Waals surface area contributed by atoms with Crippen molar-refractivity contribution in [3.63, 3.8) is 0 Å². The average Bonchev–Trinajstić information content (AvgIpc) is 3.15. The average molecular weight is 841 g/mol. The predicted molar refractivity (Wildman–Crippen MR) is 217 cm³/mol. The highest BCUT2D eigenvalue weighted by atomic mass is 31.2. The van der Waals surface area contributed by atoms with E-state index in [4.69, 9.17) is 23.8 Å². The van der Waals surface area contributed by atoms with E-state index >= 15 is 0 Å². The summed E-state index contributed by atoms with van der Waals surface area (Å²) in [5, 5.41) is 9.73. The maximum Gasteiger partial charge on any atom is 0.472 e. The van der Waals surface area contributed by atoms with Gasteiger partial charge in [0, 0.05) is 19.3 Å². The normalized spacial score (nSPS) is 14.2. The number of aliphatic hydroxyl groups is 1. The number of hydrogen-bond acceptors (Lipinski definition) is 11. The Morgan fingerprint density at radius 3 is 1.59 bits per heavy atom. The SMILES string of the molecule is CCCCCCCCCCCCCCCC(=O)OC[C@H](COP(=O)(O)OC[C@@H](O)COP(=O)(O)O)OC(=O)CCCCCCC/C=C\C=C\C(=O)CCCCC. The van der Waals surface area contributed by atoms with Gasteiger partial charge in [0.05, 0.1) is 19.8 Å². The lowest BCUT2D eigenvalue weighted by Gasteiger charge is -2.20. The largest absolute Gasteiger partial charge is 0.472 e. The van der Waals surface area contributed by atoms with Gasteiger partial charge in [0.25, 0.3) is 0 Å². The van der Waals surface area contributed by atoms with Gasteiger partial charge < -0.3 is 29.3 Å². The highest BCUT2D eigenvalue weighted by Crippen LogP contribution is 2.43. The third kappa shape index (κ3) is 39.1. The van der Waals surface area contributed by atoms with E-state index in [1.54, 1.807) is 12.2 Å². The minimum absolute atomic E-state index is 0.0828. The maximum atomic E-state index is 12.6. The third-order valence-corrected chi connectivity index (χ3v) is 10.2. The van der Waals surface area contributed by atoms with E-state index in [1.165, 1.54) is 57.8 Å². The first kappa shape index (κ1) is 54.3. The molecule has 1 unspecified atom stereocenters. The molecule has 0 bridgehead atoms. The molecular weight excluding hydrogens is 766 g/mol. The summed E-state index contributed by atoms with van der Waals surface area (Å²) in [5.41, 5.74) is 0. The first-order valence-corrected chi connectivity index (χ1v) is 24.0. The molecule has 0 radical (unpaired) electrons. The van der Waals surface area contributed by atoms with Gasteiger partial charge >= 0.3 is 27.6 Å². The summed E-state index contributed by atoms with van der Waals surface area (Å²) in [7, 11) is -9.69. The Balaban J connectivity index is 4.60. The Kier molecular flexibility index (Phi) is 35.2. The van der Waals surface area contributed by atoms with Gasteiger partial charge in [0.15, 0.2) is 11.9 Å². The van der Waals surface area contributed by atoms with Crippen LogP contribution in [0.15, 0.2) is 24.3 Å². The molecule has 16 heteroatoms. The van der Waals surface area contributed by atoms with Crippen LogP contribution in [0.25, 0.3) is 0 Å². The van der Waals surface area contributed by atoms with Gasteiger partial charge in [-0.2, -0.15) is 0 Å². The first-order chi connectivity index (χ1) is 26.8. The van der Waals surface area contributed by atoms with Crippen molar-refractivity contribution in [2.75, 3.05) is 26.4 Å². The molecule has 328 valence electrons. The van der Waals surface area contributed by atoms with Crippen LogP contribution in [0, 0.1) is 0 Å². The summed E-state index contributed by atoms with van der Waals surface area (Å²) in [4.78, 5) is 64.3. The van der Waals surface area contributed by atoms with E-state index in [0.29, 0.717) is 19.3 Å². The topological polar surface area (TPSA) is 212 Å². The lowest BCUT2D eigenvalue weighted by atomic mass is 10.0. The third-order valence-electron chi connectivity index (χ3n) is 8.81. The monoisotopic (exact) mass is 840 g/mol. The molecule has 0 saturated carbocycles. The predicted octanol–water partition coefficient (Wildman–Crippen LogP) is 9.52. The summed E-state index contributed by atoms with van der Waals surface area (Å²) < 4.78 is 47.6. The molecular formula is C40H74O14P2. The maximum absolute atomic E-state index is 12.6.